The van der Waals surface area contributed by atoms with E-state index in [0.29, 0.717) is 39.9 Å². The zero-order valence-electron chi connectivity index (χ0n) is 16.8. The van der Waals surface area contributed by atoms with E-state index in [-0.39, 0.29) is 0 Å². The predicted octanol–water partition coefficient (Wildman–Crippen LogP) is 6.29. The molecule has 0 bridgehead atoms. The van der Waals surface area contributed by atoms with E-state index in [1.807, 2.05) is 61.5 Å². The van der Waals surface area contributed by atoms with Crippen LogP contribution in [0.3, 0.4) is 0 Å². The third-order valence-electron chi connectivity index (χ3n) is 4.06. The number of anilines is 1. The summed E-state index contributed by atoms with van der Waals surface area (Å²) in [6, 6.07) is 20.6. The molecule has 8 heteroatoms. The number of nitrogens with one attached hydrogen (secondary N) is 2. The van der Waals surface area contributed by atoms with E-state index in [0.717, 1.165) is 16.8 Å². The molecule has 0 heterocycles. The van der Waals surface area contributed by atoms with Crippen molar-refractivity contribution in [3.05, 3.63) is 87.9 Å². The fourth-order valence-corrected chi connectivity index (χ4v) is 3.12. The molecule has 0 aromatic heterocycles. The molecule has 0 radical (unpaired) electrons. The highest BCUT2D eigenvalue weighted by Gasteiger charge is 2.08. The molecule has 0 spiro atoms. The summed E-state index contributed by atoms with van der Waals surface area (Å²) in [5.74, 6) is 1.25. The molecule has 2 N–H and O–H groups in total. The van der Waals surface area contributed by atoms with Crippen molar-refractivity contribution in [1.29, 1.82) is 0 Å². The fraction of sp³-hybridized carbons (Fsp3) is 0.130. The molecular weight excluding hydrogens is 453 g/mol. The van der Waals surface area contributed by atoms with E-state index in [2.05, 4.69) is 15.8 Å². The van der Waals surface area contributed by atoms with E-state index < -0.39 is 0 Å². The Morgan fingerprint density at radius 2 is 1.77 bits per heavy atom. The second kappa shape index (κ2) is 11.6. The molecule has 0 fully saturated rings. The Bertz CT molecular complexity index is 1060. The quantitative estimate of drug-likeness (QED) is 0.228. The van der Waals surface area contributed by atoms with E-state index in [9.17, 15) is 0 Å². The molecule has 3 rings (SSSR count). The lowest BCUT2D eigenvalue weighted by atomic mass is 10.2. The van der Waals surface area contributed by atoms with Crippen molar-refractivity contribution < 1.29 is 9.47 Å². The van der Waals surface area contributed by atoms with Crippen molar-refractivity contribution in [2.24, 2.45) is 5.10 Å². The zero-order chi connectivity index (χ0) is 22.1. The fourth-order valence-electron chi connectivity index (χ4n) is 2.63. The van der Waals surface area contributed by atoms with Crippen LogP contribution in [0.25, 0.3) is 0 Å². The largest absolute Gasteiger partial charge is 0.490 e. The van der Waals surface area contributed by atoms with Gasteiger partial charge in [-0.05, 0) is 72.7 Å². The Kier molecular flexibility index (Phi) is 8.53. The van der Waals surface area contributed by atoms with Crippen LogP contribution in [-0.4, -0.2) is 17.9 Å². The van der Waals surface area contributed by atoms with Crippen molar-refractivity contribution in [1.82, 2.24) is 5.43 Å². The first-order valence-corrected chi connectivity index (χ1v) is 10.7. The summed E-state index contributed by atoms with van der Waals surface area (Å²) in [5, 5.41) is 8.63. The van der Waals surface area contributed by atoms with Gasteiger partial charge in [0, 0.05) is 5.69 Å². The van der Waals surface area contributed by atoms with Crippen LogP contribution in [0.5, 0.6) is 11.5 Å². The Balaban J connectivity index is 1.61. The number of hydrogen-bond donors (Lipinski definition) is 2. The van der Waals surface area contributed by atoms with Gasteiger partial charge in [-0.1, -0.05) is 47.5 Å². The van der Waals surface area contributed by atoms with Gasteiger partial charge in [0.15, 0.2) is 16.6 Å². The standard InChI is InChI=1S/C23H21Cl2N3O2S/c1-2-29-22-13-16(14-26-28-23(31)27-18-6-4-3-5-7-18)9-11-21(22)30-15-17-8-10-19(24)20(25)12-17/h3-14H,2,15H2,1H3,(H2,27,28,31)/b26-14-. The molecule has 0 unspecified atom stereocenters. The normalized spacial score (nSPS) is 10.7. The maximum atomic E-state index is 6.07. The molecule has 31 heavy (non-hydrogen) atoms. The third kappa shape index (κ3) is 7.14. The molecule has 0 saturated heterocycles. The minimum Gasteiger partial charge on any atom is -0.490 e. The summed E-state index contributed by atoms with van der Waals surface area (Å²) < 4.78 is 11.6. The molecule has 0 aliphatic rings. The lowest BCUT2D eigenvalue weighted by Crippen LogP contribution is -2.23. The molecule has 0 aliphatic carbocycles. The van der Waals surface area contributed by atoms with Crippen molar-refractivity contribution >= 4 is 52.4 Å². The van der Waals surface area contributed by atoms with Crippen LogP contribution in [0.2, 0.25) is 10.0 Å². The number of hydrazone groups is 1. The van der Waals surface area contributed by atoms with Gasteiger partial charge < -0.3 is 14.8 Å². The molecule has 160 valence electrons. The monoisotopic (exact) mass is 473 g/mol. The highest BCUT2D eigenvalue weighted by molar-refractivity contribution is 7.80. The average molecular weight is 474 g/mol. The Hall–Kier alpha value is -2.80. The second-order valence-electron chi connectivity index (χ2n) is 6.37. The molecule has 0 aliphatic heterocycles. The molecule has 5 nitrogen and oxygen atoms in total. The summed E-state index contributed by atoms with van der Waals surface area (Å²) in [5.41, 5.74) is 5.43. The number of halogens is 2. The Morgan fingerprint density at radius 1 is 0.968 bits per heavy atom. The van der Waals surface area contributed by atoms with Crippen LogP contribution in [-0.2, 0) is 6.61 Å². The topological polar surface area (TPSA) is 54.9 Å². The number of thiocarbonyl (C=S) groups is 1. The number of nitrogens with zero attached hydrogens (tertiary/aromatic N) is 1. The Morgan fingerprint density at radius 3 is 2.52 bits per heavy atom. The maximum absolute atomic E-state index is 6.07. The first kappa shape index (κ1) is 22.9. The van der Waals surface area contributed by atoms with E-state index in [1.165, 1.54) is 0 Å². The summed E-state index contributed by atoms with van der Waals surface area (Å²) in [6.07, 6.45) is 1.66. The molecule has 0 atom stereocenters. The number of para-hydroxylation sites is 1. The number of benzene rings is 3. The number of hydrogen-bond acceptors (Lipinski definition) is 4. The van der Waals surface area contributed by atoms with Crippen LogP contribution in [0, 0.1) is 0 Å². The summed E-state index contributed by atoms with van der Waals surface area (Å²) >= 11 is 17.3. The Labute approximate surface area is 197 Å². The van der Waals surface area contributed by atoms with Crippen molar-refractivity contribution in [2.45, 2.75) is 13.5 Å². The van der Waals surface area contributed by atoms with Crippen molar-refractivity contribution in [2.75, 3.05) is 11.9 Å². The van der Waals surface area contributed by atoms with Gasteiger partial charge in [-0.2, -0.15) is 5.10 Å². The van der Waals surface area contributed by atoms with Crippen LogP contribution in [0.15, 0.2) is 71.8 Å². The highest BCUT2D eigenvalue weighted by Crippen LogP contribution is 2.30. The average Bonchev–Trinajstić information content (AvgIpc) is 2.76. The maximum Gasteiger partial charge on any atom is 0.191 e. The number of rotatable bonds is 8. The van der Waals surface area contributed by atoms with Crippen molar-refractivity contribution in [3.63, 3.8) is 0 Å². The van der Waals surface area contributed by atoms with Gasteiger partial charge in [0.25, 0.3) is 0 Å². The number of ether oxygens (including phenoxy) is 2. The summed E-state index contributed by atoms with van der Waals surface area (Å²) in [6.45, 7) is 2.76. The zero-order valence-corrected chi connectivity index (χ0v) is 19.1. The van der Waals surface area contributed by atoms with Gasteiger partial charge in [-0.15, -0.1) is 0 Å². The SMILES string of the molecule is CCOc1cc(/C=N\NC(=S)Nc2ccccc2)ccc1OCc1ccc(Cl)c(Cl)c1. The lowest BCUT2D eigenvalue weighted by Gasteiger charge is -2.13. The van der Waals surface area contributed by atoms with Crippen LogP contribution < -0.4 is 20.2 Å². The van der Waals surface area contributed by atoms with Crippen LogP contribution in [0.4, 0.5) is 5.69 Å². The molecule has 3 aromatic carbocycles. The molecule has 0 saturated carbocycles. The summed E-state index contributed by atoms with van der Waals surface area (Å²) in [4.78, 5) is 0. The van der Waals surface area contributed by atoms with Gasteiger partial charge in [-0.3, -0.25) is 5.43 Å². The molecule has 3 aromatic rings. The lowest BCUT2D eigenvalue weighted by molar-refractivity contribution is 0.269. The van der Waals surface area contributed by atoms with Gasteiger partial charge in [-0.25, -0.2) is 0 Å². The summed E-state index contributed by atoms with van der Waals surface area (Å²) in [7, 11) is 0. The first-order chi connectivity index (χ1) is 15.0. The van der Waals surface area contributed by atoms with Crippen LogP contribution >= 0.6 is 35.4 Å². The highest BCUT2D eigenvalue weighted by atomic mass is 35.5. The first-order valence-electron chi connectivity index (χ1n) is 9.54. The van der Waals surface area contributed by atoms with E-state index in [4.69, 9.17) is 44.9 Å². The minimum absolute atomic E-state index is 0.339. The van der Waals surface area contributed by atoms with Gasteiger partial charge in [0.1, 0.15) is 6.61 Å². The smallest absolute Gasteiger partial charge is 0.191 e. The third-order valence-corrected chi connectivity index (χ3v) is 4.99. The van der Waals surface area contributed by atoms with Crippen molar-refractivity contribution in [3.8, 4) is 11.5 Å². The predicted molar refractivity (Wildman–Crippen MR) is 132 cm³/mol. The minimum atomic E-state index is 0.339. The van der Waals surface area contributed by atoms with Gasteiger partial charge >= 0.3 is 0 Å². The molecule has 0 amide bonds. The van der Waals surface area contributed by atoms with E-state index >= 15 is 0 Å². The second-order valence-corrected chi connectivity index (χ2v) is 7.59. The van der Waals surface area contributed by atoms with E-state index in [1.54, 1.807) is 18.3 Å². The van der Waals surface area contributed by atoms with Crippen LogP contribution in [0.1, 0.15) is 18.1 Å². The van der Waals surface area contributed by atoms with Gasteiger partial charge in [0.05, 0.1) is 22.9 Å². The molecular formula is C23H21Cl2N3O2S. The van der Waals surface area contributed by atoms with Gasteiger partial charge in [0.2, 0.25) is 0 Å².